The van der Waals surface area contributed by atoms with Crippen LogP contribution in [0.15, 0.2) is 30.5 Å². The normalized spacial score (nSPS) is 15.3. The fourth-order valence-electron chi connectivity index (χ4n) is 2.37. The molecular weight excluding hydrogens is 284 g/mol. The van der Waals surface area contributed by atoms with Crippen LogP contribution in [0.4, 0.5) is 5.69 Å². The molecule has 3 rings (SSSR count). The van der Waals surface area contributed by atoms with Crippen LogP contribution in [0.2, 0.25) is 0 Å². The van der Waals surface area contributed by atoms with Gasteiger partial charge in [0.2, 0.25) is 5.91 Å². The van der Waals surface area contributed by atoms with Gasteiger partial charge in [-0.2, -0.15) is 0 Å². The number of hydrogen-bond acceptors (Lipinski definition) is 4. The van der Waals surface area contributed by atoms with Gasteiger partial charge in [-0.3, -0.25) is 4.79 Å². The van der Waals surface area contributed by atoms with Crippen molar-refractivity contribution in [1.29, 1.82) is 0 Å². The second-order valence-corrected chi connectivity index (χ2v) is 5.49. The molecule has 1 amide bonds. The molecule has 1 saturated carbocycles. The van der Waals surface area contributed by atoms with Gasteiger partial charge in [0.25, 0.3) is 0 Å². The number of aromatic carboxylic acids is 1. The molecule has 7 heteroatoms. The Kier molecular flexibility index (Phi) is 3.40. The standard InChI is InChI=1S/C15H16N4O3/c1-2-15(6-7-15)14(22)16-10-4-3-5-11(8-10)19-9-12(13(20)21)17-18-19/h3-5,8-9H,2,6-7H2,1H3,(H,16,22)(H,20,21). The van der Waals surface area contributed by atoms with Crippen molar-refractivity contribution in [1.82, 2.24) is 15.0 Å². The Morgan fingerprint density at radius 2 is 2.18 bits per heavy atom. The van der Waals surface area contributed by atoms with Crippen LogP contribution in [0.5, 0.6) is 0 Å². The zero-order valence-corrected chi connectivity index (χ0v) is 12.1. The highest BCUT2D eigenvalue weighted by molar-refractivity contribution is 5.97. The molecule has 1 fully saturated rings. The molecule has 22 heavy (non-hydrogen) atoms. The number of aromatic nitrogens is 3. The maximum Gasteiger partial charge on any atom is 0.358 e. The first-order valence-corrected chi connectivity index (χ1v) is 7.12. The number of amides is 1. The first kappa shape index (κ1) is 14.2. The maximum atomic E-state index is 12.2. The number of carboxylic acid groups (broad SMARTS) is 1. The van der Waals surface area contributed by atoms with E-state index in [1.54, 1.807) is 24.3 Å². The predicted molar refractivity (Wildman–Crippen MR) is 78.9 cm³/mol. The second kappa shape index (κ2) is 5.25. The Bertz CT molecular complexity index is 734. The van der Waals surface area contributed by atoms with Gasteiger partial charge in [-0.15, -0.1) is 5.10 Å². The SMILES string of the molecule is CCC1(C(=O)Nc2cccc(-n3cc(C(=O)O)nn3)c2)CC1. The number of carboxylic acids is 1. The zero-order chi connectivity index (χ0) is 15.7. The Balaban J connectivity index is 1.80. The maximum absolute atomic E-state index is 12.2. The molecule has 7 nitrogen and oxygen atoms in total. The van der Waals surface area contributed by atoms with Crippen molar-refractivity contribution in [2.24, 2.45) is 5.41 Å². The fraction of sp³-hybridized carbons (Fsp3) is 0.333. The number of anilines is 1. The third-order valence-corrected chi connectivity index (χ3v) is 4.09. The van der Waals surface area contributed by atoms with Gasteiger partial charge in [0.15, 0.2) is 5.69 Å². The van der Waals surface area contributed by atoms with Crippen molar-refractivity contribution >= 4 is 17.6 Å². The number of benzene rings is 1. The minimum absolute atomic E-state index is 0.0389. The van der Waals surface area contributed by atoms with Crippen LogP contribution >= 0.6 is 0 Å². The number of rotatable bonds is 5. The number of carbonyl (C=O) groups is 2. The summed E-state index contributed by atoms with van der Waals surface area (Å²) >= 11 is 0. The molecule has 0 spiro atoms. The van der Waals surface area contributed by atoms with E-state index in [0.717, 1.165) is 19.3 Å². The molecule has 0 atom stereocenters. The van der Waals surface area contributed by atoms with Crippen LogP contribution in [0, 0.1) is 5.41 Å². The van der Waals surface area contributed by atoms with E-state index in [4.69, 9.17) is 5.11 Å². The summed E-state index contributed by atoms with van der Waals surface area (Å²) in [5, 5.41) is 19.1. The highest BCUT2D eigenvalue weighted by Crippen LogP contribution is 2.49. The molecule has 114 valence electrons. The van der Waals surface area contributed by atoms with Gasteiger partial charge in [0.1, 0.15) is 0 Å². The summed E-state index contributed by atoms with van der Waals surface area (Å²) in [6.07, 6.45) is 4.03. The number of nitrogens with zero attached hydrogens (tertiary/aromatic N) is 3. The third-order valence-electron chi connectivity index (χ3n) is 4.09. The number of carbonyl (C=O) groups excluding carboxylic acids is 1. The lowest BCUT2D eigenvalue weighted by Gasteiger charge is -2.13. The average Bonchev–Trinajstić information content (AvgIpc) is 3.16. The smallest absolute Gasteiger partial charge is 0.358 e. The lowest BCUT2D eigenvalue weighted by atomic mass is 10.0. The number of nitrogens with one attached hydrogen (secondary N) is 1. The Labute approximate surface area is 126 Å². The van der Waals surface area contributed by atoms with Gasteiger partial charge >= 0.3 is 5.97 Å². The monoisotopic (exact) mass is 300 g/mol. The highest BCUT2D eigenvalue weighted by atomic mass is 16.4. The van der Waals surface area contributed by atoms with Crippen molar-refractivity contribution in [3.8, 4) is 5.69 Å². The van der Waals surface area contributed by atoms with Crippen LogP contribution < -0.4 is 5.32 Å². The lowest BCUT2D eigenvalue weighted by molar-refractivity contribution is -0.121. The van der Waals surface area contributed by atoms with Gasteiger partial charge in [0.05, 0.1) is 11.9 Å². The lowest BCUT2D eigenvalue weighted by Crippen LogP contribution is -2.23. The molecule has 0 bridgehead atoms. The first-order chi connectivity index (χ1) is 10.5. The van der Waals surface area contributed by atoms with Crippen LogP contribution in [-0.4, -0.2) is 32.0 Å². The van der Waals surface area contributed by atoms with Crippen LogP contribution in [0.3, 0.4) is 0 Å². The fourth-order valence-corrected chi connectivity index (χ4v) is 2.37. The molecular formula is C15H16N4O3. The summed E-state index contributed by atoms with van der Waals surface area (Å²) in [6, 6.07) is 7.08. The summed E-state index contributed by atoms with van der Waals surface area (Å²) in [4.78, 5) is 23.1. The minimum atomic E-state index is -1.13. The molecule has 2 aromatic rings. The summed E-state index contributed by atoms with van der Waals surface area (Å²) in [7, 11) is 0. The summed E-state index contributed by atoms with van der Waals surface area (Å²) in [5.74, 6) is -1.09. The van der Waals surface area contributed by atoms with Crippen molar-refractivity contribution in [2.45, 2.75) is 26.2 Å². The molecule has 1 heterocycles. The van der Waals surface area contributed by atoms with E-state index in [2.05, 4.69) is 15.6 Å². The molecule has 1 aromatic carbocycles. The van der Waals surface area contributed by atoms with Crippen molar-refractivity contribution in [2.75, 3.05) is 5.32 Å². The van der Waals surface area contributed by atoms with Crippen molar-refractivity contribution in [3.63, 3.8) is 0 Å². The van der Waals surface area contributed by atoms with E-state index in [0.29, 0.717) is 11.4 Å². The summed E-state index contributed by atoms with van der Waals surface area (Å²) in [5.41, 5.74) is 0.964. The quantitative estimate of drug-likeness (QED) is 0.881. The van der Waals surface area contributed by atoms with Crippen molar-refractivity contribution < 1.29 is 14.7 Å². The molecule has 0 aliphatic heterocycles. The van der Waals surface area contributed by atoms with Gasteiger partial charge in [-0.25, -0.2) is 9.48 Å². The van der Waals surface area contributed by atoms with Gasteiger partial charge in [0, 0.05) is 11.1 Å². The molecule has 0 unspecified atom stereocenters. The van der Waals surface area contributed by atoms with Crippen LogP contribution in [0.25, 0.3) is 5.69 Å². The summed E-state index contributed by atoms with van der Waals surface area (Å²) < 4.78 is 1.37. The largest absolute Gasteiger partial charge is 0.476 e. The average molecular weight is 300 g/mol. The van der Waals surface area contributed by atoms with E-state index in [1.807, 2.05) is 6.92 Å². The third kappa shape index (κ3) is 2.57. The first-order valence-electron chi connectivity index (χ1n) is 7.12. The molecule has 1 aromatic heterocycles. The highest BCUT2D eigenvalue weighted by Gasteiger charge is 2.47. The Morgan fingerprint density at radius 3 is 2.77 bits per heavy atom. The zero-order valence-electron chi connectivity index (χ0n) is 12.1. The van der Waals surface area contributed by atoms with Gasteiger partial charge < -0.3 is 10.4 Å². The van der Waals surface area contributed by atoms with Crippen LogP contribution in [0.1, 0.15) is 36.7 Å². The van der Waals surface area contributed by atoms with Crippen molar-refractivity contribution in [3.05, 3.63) is 36.2 Å². The van der Waals surface area contributed by atoms with E-state index in [1.165, 1.54) is 10.9 Å². The molecule has 0 radical (unpaired) electrons. The Hall–Kier alpha value is -2.70. The molecule has 1 aliphatic rings. The predicted octanol–water partition coefficient (Wildman–Crippen LogP) is 2.09. The second-order valence-electron chi connectivity index (χ2n) is 5.49. The number of hydrogen-bond donors (Lipinski definition) is 2. The molecule has 2 N–H and O–H groups in total. The van der Waals surface area contributed by atoms with E-state index in [-0.39, 0.29) is 17.0 Å². The van der Waals surface area contributed by atoms with E-state index >= 15 is 0 Å². The van der Waals surface area contributed by atoms with E-state index < -0.39 is 5.97 Å². The summed E-state index contributed by atoms with van der Waals surface area (Å²) in [6.45, 7) is 2.02. The van der Waals surface area contributed by atoms with E-state index in [9.17, 15) is 9.59 Å². The van der Waals surface area contributed by atoms with Gasteiger partial charge in [-0.05, 0) is 37.5 Å². The Morgan fingerprint density at radius 1 is 1.41 bits per heavy atom. The molecule has 1 aliphatic carbocycles. The molecule has 0 saturated heterocycles. The topological polar surface area (TPSA) is 97.1 Å². The minimum Gasteiger partial charge on any atom is -0.476 e. The van der Waals surface area contributed by atoms with Gasteiger partial charge in [-0.1, -0.05) is 18.2 Å². The van der Waals surface area contributed by atoms with Crippen LogP contribution in [-0.2, 0) is 4.79 Å².